The fraction of sp³-hybridized carbons (Fsp3) is 0. The standard InChI is InChI=1S/C14H8N4O2S/c19-14-12(6-9-7-21-18-17-9)16-13(20-14)11-5-8-3-1-2-4-10(8)15-11/h1-7,16H. The molecule has 0 atom stereocenters. The maximum atomic E-state index is 11.9. The second-order valence-corrected chi connectivity index (χ2v) is 5.04. The molecule has 3 heterocycles. The molecule has 2 aromatic heterocycles. The van der Waals surface area contributed by atoms with E-state index in [0.717, 1.165) is 10.6 Å². The summed E-state index contributed by atoms with van der Waals surface area (Å²) in [5.74, 6) is 0. The van der Waals surface area contributed by atoms with Crippen molar-refractivity contribution in [1.29, 1.82) is 0 Å². The van der Waals surface area contributed by atoms with Crippen molar-refractivity contribution in [3.05, 3.63) is 67.2 Å². The molecule has 7 heteroatoms. The highest BCUT2D eigenvalue weighted by molar-refractivity contribution is 7.03. The molecule has 0 saturated carbocycles. The smallest absolute Gasteiger partial charge is 0.361 e. The minimum absolute atomic E-state index is 0.324. The van der Waals surface area contributed by atoms with Crippen molar-refractivity contribution in [2.24, 2.45) is 4.99 Å². The van der Waals surface area contributed by atoms with Crippen molar-refractivity contribution < 1.29 is 4.42 Å². The van der Waals surface area contributed by atoms with Crippen LogP contribution in [-0.4, -0.2) is 14.6 Å². The Hall–Kier alpha value is -2.80. The van der Waals surface area contributed by atoms with Crippen LogP contribution in [0, 0.1) is 0 Å². The normalized spacial score (nSPS) is 16.5. The second kappa shape index (κ2) is 4.64. The minimum atomic E-state index is -0.454. The predicted molar refractivity (Wildman–Crippen MR) is 77.2 cm³/mol. The van der Waals surface area contributed by atoms with Crippen LogP contribution < -0.4 is 27.1 Å². The number of para-hydroxylation sites is 1. The molecule has 0 saturated heterocycles. The average molecular weight is 296 g/mol. The summed E-state index contributed by atoms with van der Waals surface area (Å²) in [6.07, 6.45) is 3.47. The number of aromatic amines is 1. The Labute approximate surface area is 121 Å². The van der Waals surface area contributed by atoms with Crippen molar-refractivity contribution in [3.8, 4) is 0 Å². The molecule has 102 valence electrons. The zero-order chi connectivity index (χ0) is 14.2. The van der Waals surface area contributed by atoms with Gasteiger partial charge in [-0.3, -0.25) is 0 Å². The number of hydrogen-bond donors (Lipinski definition) is 1. The summed E-state index contributed by atoms with van der Waals surface area (Å²) < 4.78 is 8.97. The lowest BCUT2D eigenvalue weighted by atomic mass is 10.3. The van der Waals surface area contributed by atoms with Gasteiger partial charge in [-0.15, -0.1) is 5.10 Å². The fourth-order valence-corrected chi connectivity index (χ4v) is 2.49. The van der Waals surface area contributed by atoms with Gasteiger partial charge in [0, 0.05) is 10.6 Å². The van der Waals surface area contributed by atoms with Crippen molar-refractivity contribution >= 4 is 29.4 Å². The monoisotopic (exact) mass is 296 g/mol. The number of oxazole rings is 1. The Balaban J connectivity index is 1.95. The van der Waals surface area contributed by atoms with E-state index in [1.54, 1.807) is 11.5 Å². The minimum Gasteiger partial charge on any atom is -0.402 e. The van der Waals surface area contributed by atoms with Crippen molar-refractivity contribution in [3.63, 3.8) is 0 Å². The van der Waals surface area contributed by atoms with Crippen LogP contribution >= 0.6 is 11.5 Å². The molecule has 6 nitrogen and oxygen atoms in total. The molecule has 0 unspecified atom stereocenters. The number of hydrogen-bond acceptors (Lipinski definition) is 6. The van der Waals surface area contributed by atoms with Crippen LogP contribution in [0.25, 0.3) is 17.8 Å². The summed E-state index contributed by atoms with van der Waals surface area (Å²) >= 11 is 1.22. The predicted octanol–water partition coefficient (Wildman–Crippen LogP) is -1.13. The molecule has 0 spiro atoms. The van der Waals surface area contributed by atoms with E-state index in [0.29, 0.717) is 22.3 Å². The summed E-state index contributed by atoms with van der Waals surface area (Å²) in [4.78, 5) is 19.2. The van der Waals surface area contributed by atoms with E-state index in [1.807, 2.05) is 30.3 Å². The van der Waals surface area contributed by atoms with Gasteiger partial charge >= 0.3 is 5.63 Å². The summed E-state index contributed by atoms with van der Waals surface area (Å²) in [5.41, 5.74) is 1.10. The summed E-state index contributed by atoms with van der Waals surface area (Å²) in [7, 11) is 0. The molecule has 0 bridgehead atoms. The highest BCUT2D eigenvalue weighted by Gasteiger charge is 2.05. The van der Waals surface area contributed by atoms with E-state index in [2.05, 4.69) is 19.6 Å². The molecule has 0 fully saturated rings. The molecule has 0 radical (unpaired) electrons. The van der Waals surface area contributed by atoms with Gasteiger partial charge in [-0.1, -0.05) is 22.7 Å². The van der Waals surface area contributed by atoms with Crippen LogP contribution in [0.4, 0.5) is 0 Å². The lowest BCUT2D eigenvalue weighted by Gasteiger charge is -1.82. The van der Waals surface area contributed by atoms with Gasteiger partial charge in [-0.05, 0) is 29.8 Å². The zero-order valence-electron chi connectivity index (χ0n) is 10.6. The first-order valence-electron chi connectivity index (χ1n) is 6.17. The highest BCUT2D eigenvalue weighted by Crippen LogP contribution is 1.98. The molecule has 21 heavy (non-hydrogen) atoms. The van der Waals surface area contributed by atoms with E-state index < -0.39 is 5.63 Å². The molecule has 0 aliphatic carbocycles. The molecule has 1 aliphatic heterocycles. The largest absolute Gasteiger partial charge is 0.402 e. The lowest BCUT2D eigenvalue weighted by molar-refractivity contribution is 0.484. The molecule has 1 N–H and O–H groups in total. The van der Waals surface area contributed by atoms with Crippen LogP contribution in [0.15, 0.2) is 43.8 Å². The fourth-order valence-electron chi connectivity index (χ4n) is 2.08. The first-order chi connectivity index (χ1) is 10.3. The number of rotatable bonds is 1. The van der Waals surface area contributed by atoms with Crippen molar-refractivity contribution in [2.75, 3.05) is 0 Å². The summed E-state index contributed by atoms with van der Waals surface area (Å²) in [6, 6.07) is 7.72. The highest BCUT2D eigenvalue weighted by atomic mass is 32.1. The summed E-state index contributed by atoms with van der Waals surface area (Å²) in [5, 5.41) is 7.79. The Kier molecular flexibility index (Phi) is 2.65. The lowest BCUT2D eigenvalue weighted by Crippen LogP contribution is -2.21. The molecular weight excluding hydrogens is 288 g/mol. The maximum Gasteiger partial charge on any atom is 0.361 e. The molecule has 1 aromatic carbocycles. The molecule has 1 aliphatic rings. The van der Waals surface area contributed by atoms with E-state index in [4.69, 9.17) is 4.42 Å². The number of benzene rings is 1. The van der Waals surface area contributed by atoms with Gasteiger partial charge < -0.3 is 9.40 Å². The third kappa shape index (κ3) is 2.13. The van der Waals surface area contributed by atoms with Crippen LogP contribution in [-0.2, 0) is 0 Å². The van der Waals surface area contributed by atoms with Gasteiger partial charge in [0.2, 0.25) is 5.55 Å². The first kappa shape index (κ1) is 12.0. The molecule has 3 aromatic rings. The second-order valence-electron chi connectivity index (χ2n) is 4.43. The van der Waals surface area contributed by atoms with Gasteiger partial charge in [0.15, 0.2) is 0 Å². The Morgan fingerprint density at radius 3 is 3.00 bits per heavy atom. The third-order valence-corrected chi connectivity index (χ3v) is 3.56. The number of aromatic nitrogens is 3. The molecule has 0 amide bonds. The Morgan fingerprint density at radius 2 is 2.19 bits per heavy atom. The van der Waals surface area contributed by atoms with Gasteiger partial charge in [0.05, 0.1) is 5.36 Å². The van der Waals surface area contributed by atoms with Crippen molar-refractivity contribution in [2.45, 2.75) is 0 Å². The van der Waals surface area contributed by atoms with Gasteiger partial charge in [-0.2, -0.15) is 0 Å². The number of H-pyrrole nitrogens is 1. The van der Waals surface area contributed by atoms with E-state index in [-0.39, 0.29) is 0 Å². The molecule has 4 rings (SSSR count). The van der Waals surface area contributed by atoms with Crippen LogP contribution in [0.2, 0.25) is 0 Å². The Morgan fingerprint density at radius 1 is 1.29 bits per heavy atom. The van der Waals surface area contributed by atoms with Gasteiger partial charge in [0.25, 0.3) is 0 Å². The van der Waals surface area contributed by atoms with Crippen LogP contribution in [0.5, 0.6) is 0 Å². The topological polar surface area (TPSA) is 84.1 Å². The zero-order valence-corrected chi connectivity index (χ0v) is 11.4. The van der Waals surface area contributed by atoms with Crippen molar-refractivity contribution in [1.82, 2.24) is 14.6 Å². The SMILES string of the molecule is O=c1oc(=C2C=c3ccccc3=N2)[nH]c1=Cc1csnn1. The number of nitrogens with zero attached hydrogens (tertiary/aromatic N) is 3. The van der Waals surface area contributed by atoms with E-state index >= 15 is 0 Å². The van der Waals surface area contributed by atoms with Crippen LogP contribution in [0.1, 0.15) is 5.69 Å². The average Bonchev–Trinajstić information content (AvgIpc) is 3.19. The number of nitrogens with one attached hydrogen (secondary N) is 1. The van der Waals surface area contributed by atoms with Crippen LogP contribution in [0.3, 0.4) is 0 Å². The molecular formula is C14H8N4O2S. The quantitative estimate of drug-likeness (QED) is 0.616. The van der Waals surface area contributed by atoms with E-state index in [1.165, 1.54) is 11.5 Å². The maximum absolute atomic E-state index is 11.9. The van der Waals surface area contributed by atoms with E-state index in [9.17, 15) is 4.79 Å². The third-order valence-electron chi connectivity index (χ3n) is 3.03. The summed E-state index contributed by atoms with van der Waals surface area (Å²) in [6.45, 7) is 0. The van der Waals surface area contributed by atoms with Gasteiger partial charge in [0.1, 0.15) is 16.7 Å². The van der Waals surface area contributed by atoms with Gasteiger partial charge in [-0.25, -0.2) is 9.79 Å². The Bertz CT molecular complexity index is 1070. The number of fused-ring (bicyclic) bond motifs is 1. The first-order valence-corrected chi connectivity index (χ1v) is 7.01.